The first-order valence-corrected chi connectivity index (χ1v) is 8.53. The van der Waals surface area contributed by atoms with Crippen LogP contribution >= 0.6 is 0 Å². The predicted octanol–water partition coefficient (Wildman–Crippen LogP) is 0.131. The Bertz CT molecular complexity index is 365. The third kappa shape index (κ3) is 8.18. The Morgan fingerprint density at radius 3 is 2.61 bits per heavy atom. The highest BCUT2D eigenvalue weighted by atomic mass is 16.5. The van der Waals surface area contributed by atoms with Crippen molar-refractivity contribution in [1.29, 1.82) is 0 Å². The molecule has 7 nitrogen and oxygen atoms in total. The zero-order chi connectivity index (χ0) is 17.1. The molecule has 0 bridgehead atoms. The van der Waals surface area contributed by atoms with Crippen molar-refractivity contribution in [2.24, 2.45) is 4.99 Å². The highest BCUT2D eigenvalue weighted by Gasteiger charge is 2.19. The Morgan fingerprint density at radius 2 is 2.04 bits per heavy atom. The normalized spacial score (nSPS) is 17.1. The zero-order valence-corrected chi connectivity index (χ0v) is 15.1. The Labute approximate surface area is 140 Å². The minimum Gasteiger partial charge on any atom is -0.383 e. The van der Waals surface area contributed by atoms with E-state index in [1.54, 1.807) is 26.1 Å². The summed E-state index contributed by atoms with van der Waals surface area (Å²) in [4.78, 5) is 20.1. The van der Waals surface area contributed by atoms with Crippen LogP contribution in [0.1, 0.15) is 26.2 Å². The second kappa shape index (κ2) is 11.2. The van der Waals surface area contributed by atoms with Crippen molar-refractivity contribution in [3.05, 3.63) is 0 Å². The molecule has 0 aromatic rings. The average Bonchev–Trinajstić information content (AvgIpc) is 2.56. The van der Waals surface area contributed by atoms with Crippen molar-refractivity contribution < 1.29 is 9.53 Å². The van der Waals surface area contributed by atoms with Crippen molar-refractivity contribution in [3.8, 4) is 0 Å². The molecule has 7 heteroatoms. The van der Waals surface area contributed by atoms with E-state index in [1.165, 1.54) is 0 Å². The number of rotatable bonds is 8. The standard InChI is InChI=1S/C16H33N5O2/c1-5-8-17-16(18-13-15(22)20(2)3)19-14-6-9-21(10-7-14)11-12-23-4/h14H,5-13H2,1-4H3,(H2,17,18,19). The average molecular weight is 327 g/mol. The van der Waals surface area contributed by atoms with Crippen LogP contribution in [0.15, 0.2) is 4.99 Å². The quantitative estimate of drug-likeness (QED) is 0.490. The van der Waals surface area contributed by atoms with Gasteiger partial charge in [0.05, 0.1) is 6.61 Å². The van der Waals surface area contributed by atoms with Crippen LogP contribution in [-0.2, 0) is 9.53 Å². The van der Waals surface area contributed by atoms with Crippen molar-refractivity contribution in [1.82, 2.24) is 20.4 Å². The maximum absolute atomic E-state index is 11.7. The van der Waals surface area contributed by atoms with Gasteiger partial charge in [-0.15, -0.1) is 0 Å². The summed E-state index contributed by atoms with van der Waals surface area (Å²) in [7, 11) is 5.24. The van der Waals surface area contributed by atoms with Gasteiger partial charge in [0.1, 0.15) is 6.54 Å². The number of hydrogen-bond donors (Lipinski definition) is 2. The van der Waals surface area contributed by atoms with E-state index in [4.69, 9.17) is 4.74 Å². The first kappa shape index (κ1) is 19.7. The van der Waals surface area contributed by atoms with E-state index in [1.807, 2.05) is 0 Å². The number of ether oxygens (including phenoxy) is 1. The van der Waals surface area contributed by atoms with E-state index in [0.717, 1.165) is 58.0 Å². The number of piperidine rings is 1. The van der Waals surface area contributed by atoms with Crippen molar-refractivity contribution in [3.63, 3.8) is 0 Å². The fourth-order valence-electron chi connectivity index (χ4n) is 2.40. The monoisotopic (exact) mass is 327 g/mol. The second-order valence-electron chi connectivity index (χ2n) is 6.13. The Hall–Kier alpha value is -1.34. The zero-order valence-electron chi connectivity index (χ0n) is 15.1. The summed E-state index contributed by atoms with van der Waals surface area (Å²) in [6.45, 7) is 7.07. The molecule has 0 aromatic heterocycles. The molecule has 0 radical (unpaired) electrons. The van der Waals surface area contributed by atoms with Crippen molar-refractivity contribution in [2.75, 3.05) is 60.5 Å². The van der Waals surface area contributed by atoms with Crippen LogP contribution in [0.5, 0.6) is 0 Å². The molecule has 1 saturated heterocycles. The van der Waals surface area contributed by atoms with Gasteiger partial charge >= 0.3 is 0 Å². The molecule has 0 atom stereocenters. The summed E-state index contributed by atoms with van der Waals surface area (Å²) in [5, 5.41) is 6.76. The van der Waals surface area contributed by atoms with Gasteiger partial charge in [-0.2, -0.15) is 0 Å². The number of aliphatic imine (C=N–C) groups is 1. The van der Waals surface area contributed by atoms with E-state index in [2.05, 4.69) is 27.4 Å². The Balaban J connectivity index is 2.44. The number of likely N-dealkylation sites (tertiary alicyclic amines) is 1. The second-order valence-corrected chi connectivity index (χ2v) is 6.13. The van der Waals surface area contributed by atoms with Crippen LogP contribution in [0.4, 0.5) is 0 Å². The number of likely N-dealkylation sites (N-methyl/N-ethyl adjacent to an activating group) is 1. The fraction of sp³-hybridized carbons (Fsp3) is 0.875. The predicted molar refractivity (Wildman–Crippen MR) is 93.8 cm³/mol. The van der Waals surface area contributed by atoms with Gasteiger partial charge < -0.3 is 25.2 Å². The summed E-state index contributed by atoms with van der Waals surface area (Å²) in [5.41, 5.74) is 0. The number of hydrogen-bond acceptors (Lipinski definition) is 4. The summed E-state index contributed by atoms with van der Waals surface area (Å²) < 4.78 is 5.13. The van der Waals surface area contributed by atoms with Crippen molar-refractivity contribution in [2.45, 2.75) is 32.2 Å². The summed E-state index contributed by atoms with van der Waals surface area (Å²) in [6.07, 6.45) is 3.19. The van der Waals surface area contributed by atoms with Gasteiger partial charge in [-0.05, 0) is 19.3 Å². The van der Waals surface area contributed by atoms with Gasteiger partial charge in [0.25, 0.3) is 0 Å². The van der Waals surface area contributed by atoms with Gasteiger partial charge in [0.2, 0.25) is 5.91 Å². The lowest BCUT2D eigenvalue weighted by molar-refractivity contribution is -0.127. The number of carbonyl (C=O) groups excluding carboxylic acids is 1. The molecule has 1 amide bonds. The molecular formula is C16H33N5O2. The molecule has 0 spiro atoms. The molecule has 134 valence electrons. The van der Waals surface area contributed by atoms with Gasteiger partial charge in [0.15, 0.2) is 5.96 Å². The van der Waals surface area contributed by atoms with E-state index in [0.29, 0.717) is 6.04 Å². The van der Waals surface area contributed by atoms with E-state index in [-0.39, 0.29) is 12.5 Å². The molecule has 23 heavy (non-hydrogen) atoms. The summed E-state index contributed by atoms with van der Waals surface area (Å²) in [6, 6.07) is 0.409. The largest absolute Gasteiger partial charge is 0.383 e. The van der Waals surface area contributed by atoms with Gasteiger partial charge in [0, 0.05) is 53.4 Å². The van der Waals surface area contributed by atoms with Crippen molar-refractivity contribution >= 4 is 11.9 Å². The lowest BCUT2D eigenvalue weighted by Crippen LogP contribution is -2.49. The minimum atomic E-state index is 0.0111. The van der Waals surface area contributed by atoms with Crippen LogP contribution in [0.2, 0.25) is 0 Å². The van der Waals surface area contributed by atoms with Gasteiger partial charge in [-0.1, -0.05) is 6.92 Å². The first-order valence-electron chi connectivity index (χ1n) is 8.53. The fourth-order valence-corrected chi connectivity index (χ4v) is 2.40. The third-order valence-electron chi connectivity index (χ3n) is 3.95. The maximum Gasteiger partial charge on any atom is 0.243 e. The van der Waals surface area contributed by atoms with Gasteiger partial charge in [-0.25, -0.2) is 4.99 Å². The maximum atomic E-state index is 11.7. The molecule has 0 aliphatic carbocycles. The highest BCUT2D eigenvalue weighted by molar-refractivity contribution is 5.84. The van der Waals surface area contributed by atoms with Gasteiger partial charge in [-0.3, -0.25) is 4.79 Å². The lowest BCUT2D eigenvalue weighted by Gasteiger charge is -2.32. The number of methoxy groups -OCH3 is 1. The van der Waals surface area contributed by atoms with Crippen LogP contribution < -0.4 is 10.6 Å². The molecule has 1 aliphatic heterocycles. The van der Waals surface area contributed by atoms with Crippen LogP contribution in [0.25, 0.3) is 0 Å². The van der Waals surface area contributed by atoms with E-state index in [9.17, 15) is 4.79 Å². The van der Waals surface area contributed by atoms with Crippen LogP contribution in [0, 0.1) is 0 Å². The van der Waals surface area contributed by atoms with Crippen LogP contribution in [0.3, 0.4) is 0 Å². The Morgan fingerprint density at radius 1 is 1.35 bits per heavy atom. The minimum absolute atomic E-state index is 0.0111. The topological polar surface area (TPSA) is 69.2 Å². The van der Waals surface area contributed by atoms with Crippen LogP contribution in [-0.4, -0.2) is 88.2 Å². The summed E-state index contributed by atoms with van der Waals surface area (Å²) in [5.74, 6) is 0.759. The number of amides is 1. The SMILES string of the molecule is CCCNC(=NCC(=O)N(C)C)NC1CCN(CCOC)CC1. The lowest BCUT2D eigenvalue weighted by atomic mass is 10.1. The number of nitrogens with one attached hydrogen (secondary N) is 2. The molecule has 0 unspecified atom stereocenters. The molecule has 1 heterocycles. The molecule has 0 aromatic carbocycles. The molecule has 0 saturated carbocycles. The number of guanidine groups is 1. The molecular weight excluding hydrogens is 294 g/mol. The molecule has 2 N–H and O–H groups in total. The highest BCUT2D eigenvalue weighted by Crippen LogP contribution is 2.09. The van der Waals surface area contributed by atoms with E-state index >= 15 is 0 Å². The number of nitrogens with zero attached hydrogens (tertiary/aromatic N) is 3. The summed E-state index contributed by atoms with van der Waals surface area (Å²) >= 11 is 0. The Kier molecular flexibility index (Phi) is 9.63. The molecule has 1 fully saturated rings. The first-order chi connectivity index (χ1) is 11.1. The van der Waals surface area contributed by atoms with E-state index < -0.39 is 0 Å². The number of carbonyl (C=O) groups is 1. The third-order valence-corrected chi connectivity index (χ3v) is 3.95. The molecule has 1 aliphatic rings. The smallest absolute Gasteiger partial charge is 0.243 e. The molecule has 1 rings (SSSR count).